The van der Waals surface area contributed by atoms with Gasteiger partial charge in [0.15, 0.2) is 5.82 Å². The Balaban J connectivity index is 1.65. The highest BCUT2D eigenvalue weighted by Crippen LogP contribution is 2.16. The summed E-state index contributed by atoms with van der Waals surface area (Å²) in [5.41, 5.74) is 2.51. The van der Waals surface area contributed by atoms with Crippen LogP contribution in [0.25, 0.3) is 0 Å². The molecule has 0 saturated carbocycles. The first-order chi connectivity index (χ1) is 10.8. The topological polar surface area (TPSA) is 53.9 Å². The van der Waals surface area contributed by atoms with Crippen LogP contribution in [0.2, 0.25) is 0 Å². The van der Waals surface area contributed by atoms with Gasteiger partial charge in [0.25, 0.3) is 0 Å². The molecule has 1 N–H and O–H groups in total. The van der Waals surface area contributed by atoms with Gasteiger partial charge in [0.1, 0.15) is 0 Å². The molecular formula is C17H23N5. The number of benzene rings is 1. The SMILES string of the molecule is Cc1cccc(CNc2cnnc(N3CCCCCC3)n2)c1. The summed E-state index contributed by atoms with van der Waals surface area (Å²) in [7, 11) is 0. The van der Waals surface area contributed by atoms with Crippen molar-refractivity contribution in [3.05, 3.63) is 41.6 Å². The van der Waals surface area contributed by atoms with Crippen LogP contribution in [0.1, 0.15) is 36.8 Å². The number of hydrogen-bond donors (Lipinski definition) is 1. The summed E-state index contributed by atoms with van der Waals surface area (Å²) in [6.07, 6.45) is 6.72. The highest BCUT2D eigenvalue weighted by Gasteiger charge is 2.13. The molecule has 0 amide bonds. The maximum absolute atomic E-state index is 4.62. The van der Waals surface area contributed by atoms with Crippen molar-refractivity contribution in [3.63, 3.8) is 0 Å². The summed E-state index contributed by atoms with van der Waals surface area (Å²) in [5.74, 6) is 1.53. The molecule has 1 aromatic carbocycles. The van der Waals surface area contributed by atoms with Crippen LogP contribution < -0.4 is 10.2 Å². The Morgan fingerprint density at radius 1 is 1.14 bits per heavy atom. The summed E-state index contributed by atoms with van der Waals surface area (Å²) in [5, 5.41) is 11.6. The lowest BCUT2D eigenvalue weighted by Crippen LogP contribution is -2.26. The second-order valence-corrected chi connectivity index (χ2v) is 5.89. The van der Waals surface area contributed by atoms with Gasteiger partial charge in [-0.2, -0.15) is 10.1 Å². The van der Waals surface area contributed by atoms with Crippen molar-refractivity contribution >= 4 is 11.8 Å². The molecule has 0 unspecified atom stereocenters. The number of nitrogens with one attached hydrogen (secondary N) is 1. The fourth-order valence-corrected chi connectivity index (χ4v) is 2.80. The Morgan fingerprint density at radius 2 is 1.95 bits per heavy atom. The summed E-state index contributed by atoms with van der Waals surface area (Å²) in [6, 6.07) is 8.47. The van der Waals surface area contributed by atoms with Gasteiger partial charge < -0.3 is 10.2 Å². The molecule has 0 spiro atoms. The van der Waals surface area contributed by atoms with Crippen LogP contribution in [0.4, 0.5) is 11.8 Å². The fourth-order valence-electron chi connectivity index (χ4n) is 2.80. The number of hydrogen-bond acceptors (Lipinski definition) is 5. The van der Waals surface area contributed by atoms with Gasteiger partial charge in [-0.1, -0.05) is 42.7 Å². The van der Waals surface area contributed by atoms with E-state index >= 15 is 0 Å². The molecule has 2 aromatic rings. The summed E-state index contributed by atoms with van der Waals surface area (Å²) in [4.78, 5) is 6.86. The quantitative estimate of drug-likeness (QED) is 0.939. The lowest BCUT2D eigenvalue weighted by Gasteiger charge is -2.19. The highest BCUT2D eigenvalue weighted by atomic mass is 15.3. The lowest BCUT2D eigenvalue weighted by molar-refractivity contribution is 0.726. The molecule has 0 bridgehead atoms. The molecule has 2 heterocycles. The molecule has 116 valence electrons. The Labute approximate surface area is 131 Å². The van der Waals surface area contributed by atoms with Crippen molar-refractivity contribution in [1.29, 1.82) is 0 Å². The van der Waals surface area contributed by atoms with Gasteiger partial charge in [0.2, 0.25) is 5.95 Å². The van der Waals surface area contributed by atoms with E-state index in [0.717, 1.165) is 31.4 Å². The van der Waals surface area contributed by atoms with Crippen LogP contribution in [0.15, 0.2) is 30.5 Å². The Morgan fingerprint density at radius 3 is 2.73 bits per heavy atom. The highest BCUT2D eigenvalue weighted by molar-refractivity contribution is 5.40. The van der Waals surface area contributed by atoms with E-state index in [2.05, 4.69) is 56.6 Å². The zero-order chi connectivity index (χ0) is 15.2. The molecular weight excluding hydrogens is 274 g/mol. The van der Waals surface area contributed by atoms with E-state index in [4.69, 9.17) is 0 Å². The van der Waals surface area contributed by atoms with E-state index in [9.17, 15) is 0 Å². The van der Waals surface area contributed by atoms with Gasteiger partial charge >= 0.3 is 0 Å². The number of rotatable bonds is 4. The number of aromatic nitrogens is 3. The summed E-state index contributed by atoms with van der Waals surface area (Å²) >= 11 is 0. The average molecular weight is 297 g/mol. The van der Waals surface area contributed by atoms with E-state index in [1.54, 1.807) is 6.20 Å². The first-order valence-electron chi connectivity index (χ1n) is 8.05. The maximum atomic E-state index is 4.62. The second kappa shape index (κ2) is 7.20. The summed E-state index contributed by atoms with van der Waals surface area (Å²) < 4.78 is 0. The van der Waals surface area contributed by atoms with Crippen LogP contribution in [-0.4, -0.2) is 28.3 Å². The van der Waals surface area contributed by atoms with Gasteiger partial charge in [-0.25, -0.2) is 0 Å². The third kappa shape index (κ3) is 3.93. The lowest BCUT2D eigenvalue weighted by atomic mass is 10.1. The predicted octanol–water partition coefficient (Wildman–Crippen LogP) is 3.17. The Hall–Kier alpha value is -2.17. The van der Waals surface area contributed by atoms with Gasteiger partial charge in [0.05, 0.1) is 6.20 Å². The molecule has 5 nitrogen and oxygen atoms in total. The smallest absolute Gasteiger partial charge is 0.247 e. The Kier molecular flexibility index (Phi) is 4.83. The Bertz CT molecular complexity index is 606. The van der Waals surface area contributed by atoms with Gasteiger partial charge in [-0.05, 0) is 25.3 Å². The van der Waals surface area contributed by atoms with Crippen molar-refractivity contribution < 1.29 is 0 Å². The normalized spacial score (nSPS) is 15.4. The maximum Gasteiger partial charge on any atom is 0.247 e. The molecule has 5 heteroatoms. The number of nitrogens with zero attached hydrogens (tertiary/aromatic N) is 4. The van der Waals surface area contributed by atoms with Crippen LogP contribution in [-0.2, 0) is 6.54 Å². The van der Waals surface area contributed by atoms with Crippen molar-refractivity contribution in [3.8, 4) is 0 Å². The molecule has 1 aromatic heterocycles. The van der Waals surface area contributed by atoms with Gasteiger partial charge in [0, 0.05) is 19.6 Å². The zero-order valence-corrected chi connectivity index (χ0v) is 13.1. The van der Waals surface area contributed by atoms with Gasteiger partial charge in [-0.15, -0.1) is 5.10 Å². The molecule has 22 heavy (non-hydrogen) atoms. The van der Waals surface area contributed by atoms with Crippen molar-refractivity contribution in [2.24, 2.45) is 0 Å². The minimum Gasteiger partial charge on any atom is -0.365 e. The monoisotopic (exact) mass is 297 g/mol. The third-order valence-corrected chi connectivity index (χ3v) is 3.99. The summed E-state index contributed by atoms with van der Waals surface area (Å²) in [6.45, 7) is 4.92. The van der Waals surface area contributed by atoms with E-state index in [1.165, 1.54) is 36.8 Å². The van der Waals surface area contributed by atoms with Crippen molar-refractivity contribution in [2.75, 3.05) is 23.3 Å². The minimum absolute atomic E-state index is 0.746. The van der Waals surface area contributed by atoms with E-state index < -0.39 is 0 Å². The second-order valence-electron chi connectivity index (χ2n) is 5.89. The number of aryl methyl sites for hydroxylation is 1. The van der Waals surface area contributed by atoms with E-state index in [-0.39, 0.29) is 0 Å². The molecule has 0 atom stereocenters. The third-order valence-electron chi connectivity index (χ3n) is 3.99. The molecule has 0 aliphatic carbocycles. The molecule has 3 rings (SSSR count). The zero-order valence-electron chi connectivity index (χ0n) is 13.1. The largest absolute Gasteiger partial charge is 0.365 e. The van der Waals surface area contributed by atoms with Crippen LogP contribution >= 0.6 is 0 Å². The first kappa shape index (κ1) is 14.8. The molecule has 1 fully saturated rings. The average Bonchev–Trinajstić information content (AvgIpc) is 2.83. The van der Waals surface area contributed by atoms with Crippen LogP contribution in [0, 0.1) is 6.92 Å². The van der Waals surface area contributed by atoms with Crippen molar-refractivity contribution in [2.45, 2.75) is 39.2 Å². The standard InChI is InChI=1S/C17H23N5/c1-14-7-6-8-15(11-14)12-18-16-13-19-21-17(20-16)22-9-4-2-3-5-10-22/h6-8,11,13H,2-5,9-10,12H2,1H3,(H,18,20,21). The molecule has 0 radical (unpaired) electrons. The van der Waals surface area contributed by atoms with Crippen LogP contribution in [0.5, 0.6) is 0 Å². The number of anilines is 2. The molecule has 1 saturated heterocycles. The predicted molar refractivity (Wildman–Crippen MR) is 89.0 cm³/mol. The van der Waals surface area contributed by atoms with Crippen LogP contribution in [0.3, 0.4) is 0 Å². The van der Waals surface area contributed by atoms with Crippen molar-refractivity contribution in [1.82, 2.24) is 15.2 Å². The van der Waals surface area contributed by atoms with E-state index in [1.807, 2.05) is 0 Å². The van der Waals surface area contributed by atoms with Gasteiger partial charge in [-0.3, -0.25) is 0 Å². The molecule has 1 aliphatic rings. The first-order valence-corrected chi connectivity index (χ1v) is 8.05. The van der Waals surface area contributed by atoms with E-state index in [0.29, 0.717) is 0 Å². The minimum atomic E-state index is 0.746. The fraction of sp³-hybridized carbons (Fsp3) is 0.471. The molecule has 1 aliphatic heterocycles.